The van der Waals surface area contributed by atoms with Gasteiger partial charge in [0.15, 0.2) is 0 Å². The molecule has 0 radical (unpaired) electrons. The predicted molar refractivity (Wildman–Crippen MR) is 81.5 cm³/mol. The number of amides is 1. The van der Waals surface area contributed by atoms with Gasteiger partial charge in [0.05, 0.1) is 6.04 Å². The molecular weight excluding hydrogens is 286 g/mol. The van der Waals surface area contributed by atoms with Gasteiger partial charge >= 0.3 is 5.97 Å². The Kier molecular flexibility index (Phi) is 5.00. The van der Waals surface area contributed by atoms with E-state index in [-0.39, 0.29) is 24.5 Å². The van der Waals surface area contributed by atoms with E-state index in [1.165, 1.54) is 0 Å². The lowest BCUT2D eigenvalue weighted by atomic mass is 10.1. The highest BCUT2D eigenvalue weighted by Crippen LogP contribution is 2.22. The lowest BCUT2D eigenvalue weighted by molar-refractivity contribution is -0.137. The Hall–Kier alpha value is -2.54. The van der Waals surface area contributed by atoms with Crippen molar-refractivity contribution in [1.82, 2.24) is 10.3 Å². The Morgan fingerprint density at radius 3 is 2.86 bits per heavy atom. The fourth-order valence-corrected chi connectivity index (χ4v) is 2.23. The number of carboxylic acids is 1. The number of nitrogens with two attached hydrogens (primary N) is 1. The molecule has 22 heavy (non-hydrogen) atoms. The Labute approximate surface area is 127 Å². The Morgan fingerprint density at radius 1 is 1.36 bits per heavy atom. The zero-order chi connectivity index (χ0) is 16.1. The number of carboxylic acid groups (broad SMARTS) is 1. The maximum Gasteiger partial charge on any atom is 0.303 e. The molecule has 0 spiro atoms. The van der Waals surface area contributed by atoms with Gasteiger partial charge in [0.2, 0.25) is 5.91 Å². The van der Waals surface area contributed by atoms with Crippen LogP contribution in [0, 0.1) is 0 Å². The monoisotopic (exact) mass is 305 g/mol. The number of carbonyl (C=O) groups is 2. The summed E-state index contributed by atoms with van der Waals surface area (Å²) in [5.41, 5.74) is 7.51. The number of H-pyrrole nitrogens is 1. The SMILES string of the molecule is N[C@@H](CCC(=O)O)C(=O)NCCc1c[nH]c2ccc(O)cc12. The van der Waals surface area contributed by atoms with Gasteiger partial charge < -0.3 is 26.2 Å². The third-order valence-corrected chi connectivity index (χ3v) is 3.45. The Morgan fingerprint density at radius 2 is 2.14 bits per heavy atom. The first kappa shape index (κ1) is 15.8. The minimum atomic E-state index is -0.971. The van der Waals surface area contributed by atoms with Gasteiger partial charge in [-0.15, -0.1) is 0 Å². The highest BCUT2D eigenvalue weighted by Gasteiger charge is 2.14. The molecule has 0 fully saturated rings. The van der Waals surface area contributed by atoms with E-state index in [4.69, 9.17) is 10.8 Å². The van der Waals surface area contributed by atoms with Crippen LogP contribution in [0.25, 0.3) is 10.9 Å². The van der Waals surface area contributed by atoms with Crippen LogP contribution in [-0.2, 0) is 16.0 Å². The summed E-state index contributed by atoms with van der Waals surface area (Å²) in [6.45, 7) is 0.391. The zero-order valence-corrected chi connectivity index (χ0v) is 12.0. The van der Waals surface area contributed by atoms with Crippen molar-refractivity contribution in [2.75, 3.05) is 6.54 Å². The van der Waals surface area contributed by atoms with Crippen molar-refractivity contribution in [3.8, 4) is 5.75 Å². The number of hydrogen-bond acceptors (Lipinski definition) is 4. The van der Waals surface area contributed by atoms with Crippen LogP contribution in [0.2, 0.25) is 0 Å². The number of fused-ring (bicyclic) bond motifs is 1. The summed E-state index contributed by atoms with van der Waals surface area (Å²) in [5.74, 6) is -1.14. The van der Waals surface area contributed by atoms with E-state index < -0.39 is 12.0 Å². The molecule has 7 nitrogen and oxygen atoms in total. The largest absolute Gasteiger partial charge is 0.508 e. The van der Waals surface area contributed by atoms with Gasteiger partial charge in [-0.05, 0) is 36.6 Å². The van der Waals surface area contributed by atoms with Crippen LogP contribution in [0.4, 0.5) is 0 Å². The molecule has 1 heterocycles. The summed E-state index contributed by atoms with van der Waals surface area (Å²) in [6.07, 6.45) is 2.40. The summed E-state index contributed by atoms with van der Waals surface area (Å²) >= 11 is 0. The minimum Gasteiger partial charge on any atom is -0.508 e. The van der Waals surface area contributed by atoms with E-state index in [1.807, 2.05) is 6.20 Å². The molecule has 7 heteroatoms. The molecular formula is C15H19N3O4. The minimum absolute atomic E-state index is 0.113. The van der Waals surface area contributed by atoms with Crippen LogP contribution < -0.4 is 11.1 Å². The van der Waals surface area contributed by atoms with Crippen LogP contribution >= 0.6 is 0 Å². The van der Waals surface area contributed by atoms with Crippen molar-refractivity contribution >= 4 is 22.8 Å². The quantitative estimate of drug-likeness (QED) is 0.515. The molecule has 1 amide bonds. The number of carbonyl (C=O) groups excluding carboxylic acids is 1. The molecule has 2 aromatic rings. The first-order valence-electron chi connectivity index (χ1n) is 7.01. The van der Waals surface area contributed by atoms with E-state index in [1.54, 1.807) is 18.2 Å². The predicted octanol–water partition coefficient (Wildman–Crippen LogP) is 0.724. The highest BCUT2D eigenvalue weighted by atomic mass is 16.4. The number of phenols is 1. The van der Waals surface area contributed by atoms with Crippen molar-refractivity contribution in [3.63, 3.8) is 0 Å². The standard InChI is InChI=1S/C15H19N3O4/c16-12(2-4-14(20)21)15(22)17-6-5-9-8-18-13-3-1-10(19)7-11(9)13/h1,3,7-8,12,18-19H,2,4-6,16H2,(H,17,22)(H,20,21)/t12-/m0/s1. The summed E-state index contributed by atoms with van der Waals surface area (Å²) in [6, 6.07) is 4.24. The summed E-state index contributed by atoms with van der Waals surface area (Å²) in [7, 11) is 0. The molecule has 118 valence electrons. The van der Waals surface area contributed by atoms with E-state index in [0.717, 1.165) is 16.5 Å². The van der Waals surface area contributed by atoms with E-state index >= 15 is 0 Å². The van der Waals surface area contributed by atoms with Crippen LogP contribution in [0.5, 0.6) is 5.75 Å². The van der Waals surface area contributed by atoms with E-state index in [9.17, 15) is 14.7 Å². The van der Waals surface area contributed by atoms with Gasteiger partial charge in [0, 0.05) is 30.1 Å². The fraction of sp³-hybridized carbons (Fsp3) is 0.333. The molecule has 0 aliphatic heterocycles. The average molecular weight is 305 g/mol. The van der Waals surface area contributed by atoms with Gasteiger partial charge in [-0.2, -0.15) is 0 Å². The lowest BCUT2D eigenvalue weighted by Crippen LogP contribution is -2.41. The lowest BCUT2D eigenvalue weighted by Gasteiger charge is -2.10. The third-order valence-electron chi connectivity index (χ3n) is 3.45. The van der Waals surface area contributed by atoms with Crippen LogP contribution in [0.3, 0.4) is 0 Å². The van der Waals surface area contributed by atoms with Crippen LogP contribution in [-0.4, -0.2) is 39.7 Å². The van der Waals surface area contributed by atoms with Gasteiger partial charge in [0.1, 0.15) is 5.75 Å². The molecule has 1 aromatic heterocycles. The molecule has 0 unspecified atom stereocenters. The maximum absolute atomic E-state index is 11.7. The number of aromatic amines is 1. The van der Waals surface area contributed by atoms with Crippen LogP contribution in [0.15, 0.2) is 24.4 Å². The Balaban J connectivity index is 1.86. The molecule has 0 saturated heterocycles. The van der Waals surface area contributed by atoms with Crippen molar-refractivity contribution in [2.24, 2.45) is 5.73 Å². The van der Waals surface area contributed by atoms with Gasteiger partial charge in [0.25, 0.3) is 0 Å². The average Bonchev–Trinajstić information content (AvgIpc) is 2.87. The normalized spacial score (nSPS) is 12.2. The molecule has 1 atom stereocenters. The second-order valence-electron chi connectivity index (χ2n) is 5.12. The van der Waals surface area contributed by atoms with E-state index in [0.29, 0.717) is 13.0 Å². The number of aliphatic carboxylic acids is 1. The van der Waals surface area contributed by atoms with Crippen molar-refractivity contribution in [1.29, 1.82) is 0 Å². The molecule has 0 saturated carbocycles. The summed E-state index contributed by atoms with van der Waals surface area (Å²) < 4.78 is 0. The number of aromatic nitrogens is 1. The second-order valence-corrected chi connectivity index (χ2v) is 5.12. The van der Waals surface area contributed by atoms with Crippen molar-refractivity contribution in [2.45, 2.75) is 25.3 Å². The topological polar surface area (TPSA) is 128 Å². The van der Waals surface area contributed by atoms with Gasteiger partial charge in [-0.25, -0.2) is 0 Å². The number of phenolic OH excluding ortho intramolecular Hbond substituents is 1. The second kappa shape index (κ2) is 6.95. The first-order valence-corrected chi connectivity index (χ1v) is 7.01. The number of aromatic hydroxyl groups is 1. The highest BCUT2D eigenvalue weighted by molar-refractivity contribution is 5.85. The molecule has 1 aromatic carbocycles. The number of rotatable bonds is 7. The maximum atomic E-state index is 11.7. The molecule has 0 aliphatic rings. The van der Waals surface area contributed by atoms with Crippen LogP contribution in [0.1, 0.15) is 18.4 Å². The van der Waals surface area contributed by atoms with Gasteiger partial charge in [-0.1, -0.05) is 0 Å². The molecule has 2 rings (SSSR count). The summed E-state index contributed by atoms with van der Waals surface area (Å²) in [5, 5.41) is 21.7. The van der Waals surface area contributed by atoms with E-state index in [2.05, 4.69) is 10.3 Å². The Bertz CT molecular complexity index is 680. The first-order chi connectivity index (χ1) is 10.5. The third kappa shape index (κ3) is 3.98. The van der Waals surface area contributed by atoms with Crippen molar-refractivity contribution in [3.05, 3.63) is 30.0 Å². The summed E-state index contributed by atoms with van der Waals surface area (Å²) in [4.78, 5) is 25.3. The molecule has 0 bridgehead atoms. The zero-order valence-electron chi connectivity index (χ0n) is 12.0. The van der Waals surface area contributed by atoms with Gasteiger partial charge in [-0.3, -0.25) is 9.59 Å². The number of benzene rings is 1. The smallest absolute Gasteiger partial charge is 0.303 e. The number of hydrogen-bond donors (Lipinski definition) is 5. The molecule has 0 aliphatic carbocycles. The molecule has 6 N–H and O–H groups in total. The number of nitrogens with one attached hydrogen (secondary N) is 2. The van der Waals surface area contributed by atoms with Crippen molar-refractivity contribution < 1.29 is 19.8 Å². The fourth-order valence-electron chi connectivity index (χ4n) is 2.23.